The van der Waals surface area contributed by atoms with E-state index in [2.05, 4.69) is 14.8 Å². The summed E-state index contributed by atoms with van der Waals surface area (Å²) in [6, 6.07) is 6.90. The summed E-state index contributed by atoms with van der Waals surface area (Å²) in [5.41, 5.74) is 1.52. The minimum absolute atomic E-state index is 0.0122. The molecule has 0 spiro atoms. The molecule has 8 nitrogen and oxygen atoms in total. The molecule has 2 aliphatic rings. The minimum Gasteiger partial charge on any atom is -0.268 e. The van der Waals surface area contributed by atoms with Crippen LogP contribution in [0.15, 0.2) is 41.5 Å². The van der Waals surface area contributed by atoms with Crippen LogP contribution in [0.5, 0.6) is 0 Å². The van der Waals surface area contributed by atoms with Gasteiger partial charge in [-0.1, -0.05) is 0 Å². The van der Waals surface area contributed by atoms with Gasteiger partial charge in [0.05, 0.1) is 11.7 Å². The summed E-state index contributed by atoms with van der Waals surface area (Å²) in [6.45, 7) is 1.21. The second-order valence-corrected chi connectivity index (χ2v) is 9.17. The summed E-state index contributed by atoms with van der Waals surface area (Å²) in [6.07, 6.45) is 8.09. The lowest BCUT2D eigenvalue weighted by atomic mass is 9.92. The molecule has 0 unspecified atom stereocenters. The first-order chi connectivity index (χ1) is 13.5. The predicted octanol–water partition coefficient (Wildman–Crippen LogP) is 1.72. The van der Waals surface area contributed by atoms with Gasteiger partial charge in [-0.2, -0.15) is 22.5 Å². The van der Waals surface area contributed by atoms with Crippen molar-refractivity contribution in [2.45, 2.75) is 50.6 Å². The van der Waals surface area contributed by atoms with Crippen LogP contribution in [0.3, 0.4) is 0 Å². The van der Waals surface area contributed by atoms with Crippen LogP contribution >= 0.6 is 0 Å². The Hall–Kier alpha value is -2.10. The molecule has 9 heteroatoms. The van der Waals surface area contributed by atoms with E-state index < -0.39 is 10.2 Å². The Kier molecular flexibility index (Phi) is 5.56. The minimum atomic E-state index is -3.40. The highest BCUT2D eigenvalue weighted by Crippen LogP contribution is 2.28. The highest BCUT2D eigenvalue weighted by Gasteiger charge is 2.31. The second kappa shape index (κ2) is 8.10. The van der Waals surface area contributed by atoms with Crippen LogP contribution in [-0.4, -0.2) is 46.6 Å². The van der Waals surface area contributed by atoms with Crippen LogP contribution in [0, 0.1) is 0 Å². The largest absolute Gasteiger partial charge is 0.279 e. The lowest BCUT2D eigenvalue weighted by molar-refractivity contribution is 0.283. The van der Waals surface area contributed by atoms with E-state index in [0.29, 0.717) is 25.9 Å². The van der Waals surface area contributed by atoms with E-state index in [1.165, 1.54) is 4.31 Å². The summed E-state index contributed by atoms with van der Waals surface area (Å²) in [5.74, 6) is 0. The summed E-state index contributed by atoms with van der Waals surface area (Å²) in [4.78, 5) is 16.4. The monoisotopic (exact) mass is 403 g/mol. The Morgan fingerprint density at radius 3 is 2.32 bits per heavy atom. The van der Waals surface area contributed by atoms with Crippen molar-refractivity contribution in [1.29, 1.82) is 0 Å². The molecule has 0 aromatic carbocycles. The Morgan fingerprint density at radius 1 is 0.964 bits per heavy atom. The van der Waals surface area contributed by atoms with Crippen LogP contribution < -0.4 is 10.3 Å². The third kappa shape index (κ3) is 4.16. The normalized spacial score (nSPS) is 23.7. The van der Waals surface area contributed by atoms with Crippen molar-refractivity contribution < 1.29 is 8.42 Å². The zero-order valence-electron chi connectivity index (χ0n) is 15.7. The molecule has 1 saturated heterocycles. The van der Waals surface area contributed by atoms with E-state index >= 15 is 0 Å². The van der Waals surface area contributed by atoms with Crippen molar-refractivity contribution in [1.82, 2.24) is 23.8 Å². The summed E-state index contributed by atoms with van der Waals surface area (Å²) in [7, 11) is -3.40. The molecule has 2 fully saturated rings. The van der Waals surface area contributed by atoms with Crippen molar-refractivity contribution in [2.24, 2.45) is 0 Å². The van der Waals surface area contributed by atoms with Gasteiger partial charge in [0, 0.05) is 43.2 Å². The van der Waals surface area contributed by atoms with Gasteiger partial charge in [0.1, 0.15) is 0 Å². The molecule has 1 saturated carbocycles. The molecule has 0 atom stereocenters. The van der Waals surface area contributed by atoms with E-state index in [0.717, 1.165) is 36.9 Å². The van der Waals surface area contributed by atoms with Crippen molar-refractivity contribution in [2.75, 3.05) is 13.1 Å². The predicted molar refractivity (Wildman–Crippen MR) is 106 cm³/mol. The molecule has 0 bridgehead atoms. The van der Waals surface area contributed by atoms with Gasteiger partial charge in [-0.3, -0.25) is 9.78 Å². The van der Waals surface area contributed by atoms with E-state index in [9.17, 15) is 13.2 Å². The number of aromatic nitrogens is 3. The number of nitrogens with zero attached hydrogens (tertiary/aromatic N) is 4. The fourth-order valence-corrected chi connectivity index (χ4v) is 5.56. The average Bonchev–Trinajstić information content (AvgIpc) is 3.26. The highest BCUT2D eigenvalue weighted by molar-refractivity contribution is 7.87. The van der Waals surface area contributed by atoms with Crippen LogP contribution in [0.4, 0.5) is 0 Å². The maximum Gasteiger partial charge on any atom is 0.279 e. The smallest absolute Gasteiger partial charge is 0.268 e. The van der Waals surface area contributed by atoms with Gasteiger partial charge in [-0.15, -0.1) is 0 Å². The number of rotatable bonds is 5. The van der Waals surface area contributed by atoms with Crippen LogP contribution in [0.1, 0.15) is 44.6 Å². The SMILES string of the molecule is O=c1ccc(-c2ccncc2)nn1C1CCC(NS(=O)(=O)N2CCCC2)CC1. The molecule has 3 heterocycles. The standard InChI is InChI=1S/C19H25N5O3S/c25-19-8-7-18(15-9-11-20-12-10-15)21-24(19)17-5-3-16(4-6-17)22-28(26,27)23-13-1-2-14-23/h7-12,16-17,22H,1-6,13-14H2. The zero-order chi connectivity index (χ0) is 19.6. The van der Waals surface area contributed by atoms with Crippen molar-refractivity contribution >= 4 is 10.2 Å². The average molecular weight is 404 g/mol. The quantitative estimate of drug-likeness (QED) is 0.820. The Balaban J connectivity index is 1.43. The fourth-order valence-electron chi connectivity index (χ4n) is 4.02. The van der Waals surface area contributed by atoms with Crippen LogP contribution in [0.2, 0.25) is 0 Å². The molecule has 2 aromatic heterocycles. The van der Waals surface area contributed by atoms with Gasteiger partial charge in [-0.05, 0) is 56.7 Å². The molecule has 1 aliphatic carbocycles. The van der Waals surface area contributed by atoms with Gasteiger partial charge in [0.2, 0.25) is 0 Å². The molecule has 1 N–H and O–H groups in total. The van der Waals surface area contributed by atoms with Gasteiger partial charge < -0.3 is 0 Å². The maximum absolute atomic E-state index is 12.5. The van der Waals surface area contributed by atoms with E-state index in [-0.39, 0.29) is 17.6 Å². The lowest BCUT2D eigenvalue weighted by Crippen LogP contribution is -2.46. The van der Waals surface area contributed by atoms with Crippen LogP contribution in [-0.2, 0) is 10.2 Å². The molecule has 2 aromatic rings. The van der Waals surface area contributed by atoms with Crippen molar-refractivity contribution in [3.8, 4) is 11.3 Å². The molecular formula is C19H25N5O3S. The summed E-state index contributed by atoms with van der Waals surface area (Å²) >= 11 is 0. The van der Waals surface area contributed by atoms with Crippen molar-refractivity contribution in [3.63, 3.8) is 0 Å². The van der Waals surface area contributed by atoms with Crippen LogP contribution in [0.25, 0.3) is 11.3 Å². The Morgan fingerprint density at radius 2 is 1.64 bits per heavy atom. The highest BCUT2D eigenvalue weighted by atomic mass is 32.2. The first-order valence-electron chi connectivity index (χ1n) is 9.80. The molecular weight excluding hydrogens is 378 g/mol. The lowest BCUT2D eigenvalue weighted by Gasteiger charge is -2.30. The number of pyridine rings is 1. The molecule has 28 heavy (non-hydrogen) atoms. The van der Waals surface area contributed by atoms with E-state index in [1.54, 1.807) is 29.2 Å². The van der Waals surface area contributed by atoms with Gasteiger partial charge >= 0.3 is 0 Å². The molecule has 0 radical (unpaired) electrons. The van der Waals surface area contributed by atoms with Gasteiger partial charge in [-0.25, -0.2) is 4.68 Å². The van der Waals surface area contributed by atoms with Gasteiger partial charge in [0.25, 0.3) is 15.8 Å². The first-order valence-corrected chi connectivity index (χ1v) is 11.2. The maximum atomic E-state index is 12.5. The first kappa shape index (κ1) is 19.2. The molecule has 1 aliphatic heterocycles. The summed E-state index contributed by atoms with van der Waals surface area (Å²) < 4.78 is 30.8. The molecule has 150 valence electrons. The van der Waals surface area contributed by atoms with E-state index in [1.807, 2.05) is 12.1 Å². The number of hydrogen-bond donors (Lipinski definition) is 1. The number of hydrogen-bond acceptors (Lipinski definition) is 5. The third-order valence-corrected chi connectivity index (χ3v) is 7.24. The van der Waals surface area contributed by atoms with Gasteiger partial charge in [0.15, 0.2) is 0 Å². The third-order valence-electron chi connectivity index (χ3n) is 5.56. The topological polar surface area (TPSA) is 97.2 Å². The fraction of sp³-hybridized carbons (Fsp3) is 0.526. The second-order valence-electron chi connectivity index (χ2n) is 7.47. The molecule has 0 amide bonds. The molecule has 4 rings (SSSR count). The Bertz CT molecular complexity index is 963. The zero-order valence-corrected chi connectivity index (χ0v) is 16.5. The Labute approximate surface area is 164 Å². The summed E-state index contributed by atoms with van der Waals surface area (Å²) in [5, 5.41) is 4.56. The number of nitrogens with one attached hydrogen (secondary N) is 1. The van der Waals surface area contributed by atoms with Crippen molar-refractivity contribution in [3.05, 3.63) is 47.0 Å². The van der Waals surface area contributed by atoms with E-state index in [4.69, 9.17) is 0 Å².